The molecule has 1 aliphatic heterocycles. The zero-order valence-electron chi connectivity index (χ0n) is 14.5. The van der Waals surface area contributed by atoms with Crippen LogP contribution >= 0.6 is 0 Å². The molecular weight excluding hydrogens is 331 g/mol. The molecule has 0 N–H and O–H groups in total. The van der Waals surface area contributed by atoms with E-state index >= 15 is 0 Å². The van der Waals surface area contributed by atoms with Crippen LogP contribution in [0.4, 0.5) is 4.39 Å². The molecule has 1 aliphatic carbocycles. The van der Waals surface area contributed by atoms with Gasteiger partial charge in [-0.2, -0.15) is 0 Å². The van der Waals surface area contributed by atoms with Gasteiger partial charge in [-0.25, -0.2) is 4.39 Å². The molecule has 2 aliphatic rings. The van der Waals surface area contributed by atoms with E-state index in [0.29, 0.717) is 35.8 Å². The Morgan fingerprint density at radius 1 is 0.846 bits per heavy atom. The van der Waals surface area contributed by atoms with E-state index in [0.717, 1.165) is 13.1 Å². The molecule has 134 valence electrons. The second-order valence-electron chi connectivity index (χ2n) is 6.94. The van der Waals surface area contributed by atoms with Gasteiger partial charge in [0.25, 0.3) is 5.91 Å². The van der Waals surface area contributed by atoms with Crippen molar-refractivity contribution >= 4 is 11.7 Å². The smallest absolute Gasteiger partial charge is 0.254 e. The topological polar surface area (TPSA) is 40.6 Å². The Morgan fingerprint density at radius 2 is 1.46 bits per heavy atom. The van der Waals surface area contributed by atoms with Crippen LogP contribution < -0.4 is 0 Å². The van der Waals surface area contributed by atoms with E-state index in [2.05, 4.69) is 4.90 Å². The summed E-state index contributed by atoms with van der Waals surface area (Å²) in [6, 6.07) is 13.0. The monoisotopic (exact) mass is 352 g/mol. The van der Waals surface area contributed by atoms with Crippen molar-refractivity contribution in [1.29, 1.82) is 0 Å². The molecule has 0 aromatic heterocycles. The van der Waals surface area contributed by atoms with Crippen molar-refractivity contribution < 1.29 is 14.0 Å². The third-order valence-electron chi connectivity index (χ3n) is 5.17. The van der Waals surface area contributed by atoms with E-state index in [4.69, 9.17) is 0 Å². The van der Waals surface area contributed by atoms with Crippen LogP contribution in [0.15, 0.2) is 48.5 Å². The van der Waals surface area contributed by atoms with Gasteiger partial charge in [-0.3, -0.25) is 14.5 Å². The quantitative estimate of drug-likeness (QED) is 0.795. The third-order valence-corrected chi connectivity index (χ3v) is 5.17. The molecule has 0 spiro atoms. The lowest BCUT2D eigenvalue weighted by atomic mass is 9.97. The highest BCUT2D eigenvalue weighted by molar-refractivity contribution is 6.15. The van der Waals surface area contributed by atoms with Gasteiger partial charge < -0.3 is 4.90 Å². The van der Waals surface area contributed by atoms with Gasteiger partial charge in [0.2, 0.25) is 0 Å². The van der Waals surface area contributed by atoms with Crippen LogP contribution in [0.3, 0.4) is 0 Å². The van der Waals surface area contributed by atoms with Gasteiger partial charge in [-0.15, -0.1) is 0 Å². The summed E-state index contributed by atoms with van der Waals surface area (Å²) < 4.78 is 13.1. The largest absolute Gasteiger partial charge is 0.336 e. The van der Waals surface area contributed by atoms with Crippen molar-refractivity contribution in [1.82, 2.24) is 9.80 Å². The van der Waals surface area contributed by atoms with E-state index < -0.39 is 0 Å². The predicted molar refractivity (Wildman–Crippen MR) is 96.8 cm³/mol. The lowest BCUT2D eigenvalue weighted by molar-refractivity contribution is 0.0624. The summed E-state index contributed by atoms with van der Waals surface area (Å²) in [7, 11) is 0. The number of benzene rings is 2. The maximum atomic E-state index is 13.1. The van der Waals surface area contributed by atoms with E-state index in [1.165, 1.54) is 37.1 Å². The van der Waals surface area contributed by atoms with Gasteiger partial charge in [0, 0.05) is 43.3 Å². The molecule has 5 heteroatoms. The number of rotatable bonds is 4. The molecule has 0 radical (unpaired) electrons. The molecule has 4 rings (SSSR count). The average molecular weight is 352 g/mol. The molecule has 1 saturated carbocycles. The Balaban J connectivity index is 1.54. The van der Waals surface area contributed by atoms with Crippen LogP contribution in [-0.4, -0.2) is 53.7 Å². The fraction of sp³-hybridized carbons (Fsp3) is 0.333. The minimum Gasteiger partial charge on any atom is -0.336 e. The van der Waals surface area contributed by atoms with Crippen LogP contribution in [0.2, 0.25) is 0 Å². The van der Waals surface area contributed by atoms with E-state index in [-0.39, 0.29) is 17.5 Å². The average Bonchev–Trinajstić information content (AvgIpc) is 3.53. The summed E-state index contributed by atoms with van der Waals surface area (Å²) in [5.41, 5.74) is 1.17. The maximum absolute atomic E-state index is 13.1. The van der Waals surface area contributed by atoms with Crippen molar-refractivity contribution in [3.63, 3.8) is 0 Å². The first-order valence-corrected chi connectivity index (χ1v) is 9.06. The first-order chi connectivity index (χ1) is 12.6. The number of piperazine rings is 1. The first kappa shape index (κ1) is 16.9. The minimum atomic E-state index is -0.389. The molecular formula is C21H21FN2O2. The molecule has 0 bridgehead atoms. The van der Waals surface area contributed by atoms with Gasteiger partial charge in [-0.1, -0.05) is 18.2 Å². The molecule has 2 fully saturated rings. The number of hydrogen-bond donors (Lipinski definition) is 0. The number of hydrogen-bond acceptors (Lipinski definition) is 3. The predicted octanol–water partition coefficient (Wildman–Crippen LogP) is 2.98. The van der Waals surface area contributed by atoms with Gasteiger partial charge >= 0.3 is 0 Å². The lowest BCUT2D eigenvalue weighted by Gasteiger charge is -2.35. The number of carbonyl (C=O) groups is 2. The van der Waals surface area contributed by atoms with E-state index in [1.807, 2.05) is 4.90 Å². The lowest BCUT2D eigenvalue weighted by Crippen LogP contribution is -2.49. The van der Waals surface area contributed by atoms with E-state index in [1.54, 1.807) is 24.3 Å². The summed E-state index contributed by atoms with van der Waals surface area (Å²) in [6.07, 6.45) is 2.53. The van der Waals surface area contributed by atoms with Crippen molar-refractivity contribution in [2.24, 2.45) is 0 Å². The molecule has 1 amide bonds. The fourth-order valence-electron chi connectivity index (χ4n) is 3.52. The first-order valence-electron chi connectivity index (χ1n) is 9.06. The number of nitrogens with zero attached hydrogens (tertiary/aromatic N) is 2. The zero-order valence-corrected chi connectivity index (χ0v) is 14.5. The van der Waals surface area contributed by atoms with Crippen molar-refractivity contribution in [3.8, 4) is 0 Å². The number of ketones is 1. The van der Waals surface area contributed by atoms with Crippen LogP contribution in [0.1, 0.15) is 39.1 Å². The molecule has 0 unspecified atom stereocenters. The number of halogens is 1. The Labute approximate surface area is 152 Å². The van der Waals surface area contributed by atoms with Crippen LogP contribution in [0.5, 0.6) is 0 Å². The Hall–Kier alpha value is -2.53. The normalized spacial score (nSPS) is 18.0. The zero-order chi connectivity index (χ0) is 18.1. The highest BCUT2D eigenvalue weighted by Gasteiger charge is 2.33. The number of amides is 1. The minimum absolute atomic E-state index is 0.105. The number of carbonyl (C=O) groups excluding carboxylic acids is 2. The van der Waals surface area contributed by atoms with Crippen LogP contribution in [-0.2, 0) is 0 Å². The van der Waals surface area contributed by atoms with Gasteiger partial charge in [0.1, 0.15) is 5.82 Å². The summed E-state index contributed by atoms with van der Waals surface area (Å²) in [5.74, 6) is -0.753. The van der Waals surface area contributed by atoms with Gasteiger partial charge in [0.05, 0.1) is 5.56 Å². The SMILES string of the molecule is O=C(c1ccc(F)cc1)c1ccccc1C(=O)N1CCN(C2CC2)CC1. The Kier molecular flexibility index (Phi) is 4.55. The summed E-state index contributed by atoms with van der Waals surface area (Å²) in [6.45, 7) is 3.16. The second-order valence-corrected chi connectivity index (χ2v) is 6.94. The highest BCUT2D eigenvalue weighted by atomic mass is 19.1. The molecule has 0 atom stereocenters. The molecule has 2 aromatic rings. The summed E-state index contributed by atoms with van der Waals surface area (Å²) in [4.78, 5) is 30.1. The van der Waals surface area contributed by atoms with E-state index in [9.17, 15) is 14.0 Å². The van der Waals surface area contributed by atoms with Gasteiger partial charge in [-0.05, 0) is 43.2 Å². The summed E-state index contributed by atoms with van der Waals surface area (Å²) >= 11 is 0. The molecule has 1 saturated heterocycles. The van der Waals surface area contributed by atoms with Crippen molar-refractivity contribution in [2.45, 2.75) is 18.9 Å². The summed E-state index contributed by atoms with van der Waals surface area (Å²) in [5, 5.41) is 0. The molecule has 2 aromatic carbocycles. The van der Waals surface area contributed by atoms with Crippen LogP contribution in [0, 0.1) is 5.82 Å². The Morgan fingerprint density at radius 3 is 2.08 bits per heavy atom. The maximum Gasteiger partial charge on any atom is 0.254 e. The van der Waals surface area contributed by atoms with Gasteiger partial charge in [0.15, 0.2) is 5.78 Å². The highest BCUT2D eigenvalue weighted by Crippen LogP contribution is 2.28. The molecule has 1 heterocycles. The fourth-order valence-corrected chi connectivity index (χ4v) is 3.52. The third kappa shape index (κ3) is 3.40. The molecule has 4 nitrogen and oxygen atoms in total. The van der Waals surface area contributed by atoms with Crippen molar-refractivity contribution in [2.75, 3.05) is 26.2 Å². The second kappa shape index (κ2) is 7.00. The van der Waals surface area contributed by atoms with Crippen molar-refractivity contribution in [3.05, 3.63) is 71.0 Å². The molecule has 26 heavy (non-hydrogen) atoms. The standard InChI is InChI=1S/C21H21FN2O2/c22-16-7-5-15(6-8-16)20(25)18-3-1-2-4-19(18)21(26)24-13-11-23(12-14-24)17-9-10-17/h1-8,17H,9-14H2. The Bertz CT molecular complexity index is 822. The van der Waals surface area contributed by atoms with Crippen LogP contribution in [0.25, 0.3) is 0 Å².